The van der Waals surface area contributed by atoms with Gasteiger partial charge in [0.2, 0.25) is 0 Å². The number of halogens is 2. The molecule has 4 heteroatoms. The second-order valence-corrected chi connectivity index (χ2v) is 6.62. The number of anilines is 1. The normalized spacial score (nSPS) is 10.6. The van der Waals surface area contributed by atoms with E-state index in [0.717, 1.165) is 6.54 Å². The van der Waals surface area contributed by atoms with Gasteiger partial charge in [-0.2, -0.15) is 0 Å². The average Bonchev–Trinajstić information content (AvgIpc) is 2.69. The highest BCUT2D eigenvalue weighted by molar-refractivity contribution is 9.10. The maximum absolute atomic E-state index is 3.58. The molecule has 0 aliphatic carbocycles. The maximum Gasteiger partial charge on any atom is 0.0505 e. The minimum Gasteiger partial charge on any atom is -0.380 e. The van der Waals surface area contributed by atoms with Crippen LogP contribution in [0, 0.1) is 13.8 Å². The number of rotatable bonds is 3. The van der Waals surface area contributed by atoms with Crippen LogP contribution in [0.4, 0.5) is 5.69 Å². The summed E-state index contributed by atoms with van der Waals surface area (Å²) in [6, 6.07) is 6.41. The van der Waals surface area contributed by atoms with E-state index in [0.29, 0.717) is 0 Å². The van der Waals surface area contributed by atoms with Crippen molar-refractivity contribution in [3.05, 3.63) is 48.5 Å². The lowest BCUT2D eigenvalue weighted by Gasteiger charge is -2.10. The molecule has 1 nitrogen and oxygen atoms in total. The summed E-state index contributed by atoms with van der Waals surface area (Å²) < 4.78 is 2.38. The van der Waals surface area contributed by atoms with Gasteiger partial charge in [-0.25, -0.2) is 0 Å². The molecule has 0 radical (unpaired) electrons. The third-order valence-electron chi connectivity index (χ3n) is 2.58. The summed E-state index contributed by atoms with van der Waals surface area (Å²) in [4.78, 5) is 1.32. The Hall–Kier alpha value is -0.320. The van der Waals surface area contributed by atoms with E-state index in [2.05, 4.69) is 74.6 Å². The quantitative estimate of drug-likeness (QED) is 0.747. The van der Waals surface area contributed by atoms with Gasteiger partial charge in [0.15, 0.2) is 0 Å². The zero-order valence-corrected chi connectivity index (χ0v) is 13.7. The van der Waals surface area contributed by atoms with E-state index in [1.165, 1.54) is 30.6 Å². The Morgan fingerprint density at radius 1 is 1.18 bits per heavy atom. The van der Waals surface area contributed by atoms with Crippen LogP contribution in [0.2, 0.25) is 0 Å². The summed E-state index contributed by atoms with van der Waals surface area (Å²) in [5.74, 6) is 0. The molecule has 17 heavy (non-hydrogen) atoms. The number of thiophene rings is 1. The van der Waals surface area contributed by atoms with Crippen LogP contribution in [0.25, 0.3) is 0 Å². The van der Waals surface area contributed by atoms with Crippen LogP contribution >= 0.6 is 43.2 Å². The van der Waals surface area contributed by atoms with E-state index >= 15 is 0 Å². The summed E-state index contributed by atoms with van der Waals surface area (Å²) >= 11 is 8.89. The lowest BCUT2D eigenvalue weighted by Crippen LogP contribution is -1.99. The molecular weight excluding hydrogens is 362 g/mol. The number of benzene rings is 1. The highest BCUT2D eigenvalue weighted by Gasteiger charge is 2.04. The van der Waals surface area contributed by atoms with Crippen LogP contribution < -0.4 is 5.32 Å². The van der Waals surface area contributed by atoms with Crippen LogP contribution in [-0.4, -0.2) is 0 Å². The molecule has 0 fully saturated rings. The van der Waals surface area contributed by atoms with Crippen molar-refractivity contribution in [1.82, 2.24) is 0 Å². The second-order valence-electron chi connectivity index (χ2n) is 3.97. The van der Waals surface area contributed by atoms with Crippen molar-refractivity contribution in [2.45, 2.75) is 20.4 Å². The van der Waals surface area contributed by atoms with Crippen molar-refractivity contribution in [2.24, 2.45) is 0 Å². The van der Waals surface area contributed by atoms with Gasteiger partial charge < -0.3 is 5.32 Å². The largest absolute Gasteiger partial charge is 0.380 e. The minimum absolute atomic E-state index is 0.860. The van der Waals surface area contributed by atoms with Gasteiger partial charge in [0.25, 0.3) is 0 Å². The molecule has 0 aliphatic heterocycles. The Morgan fingerprint density at radius 3 is 2.35 bits per heavy atom. The van der Waals surface area contributed by atoms with Crippen molar-refractivity contribution in [2.75, 3.05) is 5.32 Å². The molecular formula is C13H13Br2NS. The Bertz CT molecular complexity index is 511. The zero-order chi connectivity index (χ0) is 12.4. The molecule has 1 aromatic heterocycles. The predicted octanol–water partition coefficient (Wildman–Crippen LogP) is 5.50. The van der Waals surface area contributed by atoms with E-state index in [4.69, 9.17) is 0 Å². The molecule has 0 spiro atoms. The fraction of sp³-hybridized carbons (Fsp3) is 0.231. The highest BCUT2D eigenvalue weighted by Crippen LogP contribution is 2.27. The lowest BCUT2D eigenvalue weighted by atomic mass is 10.1. The Morgan fingerprint density at radius 2 is 1.82 bits per heavy atom. The Labute approximate surface area is 123 Å². The molecule has 0 unspecified atom stereocenters. The maximum atomic E-state index is 3.58. The van der Waals surface area contributed by atoms with Gasteiger partial charge in [0, 0.05) is 19.5 Å². The smallest absolute Gasteiger partial charge is 0.0505 e. The molecule has 90 valence electrons. The molecule has 2 rings (SSSR count). The standard InChI is InChI=1S/C13H13Br2NS/c1-8-5-10(6-9(2)13(8)15)16-7-12-11(14)3-4-17-12/h3-6,16H,7H2,1-2H3. The summed E-state index contributed by atoms with van der Waals surface area (Å²) in [6.07, 6.45) is 0. The number of hydrogen-bond donors (Lipinski definition) is 1. The zero-order valence-electron chi connectivity index (χ0n) is 9.68. The molecule has 1 heterocycles. The van der Waals surface area contributed by atoms with E-state index in [-0.39, 0.29) is 0 Å². The van der Waals surface area contributed by atoms with Gasteiger partial charge in [-0.05, 0) is 64.5 Å². The molecule has 2 aromatic rings. The first kappa shape index (κ1) is 13.1. The first-order valence-corrected chi connectivity index (χ1v) is 7.77. The van der Waals surface area contributed by atoms with Gasteiger partial charge in [-0.1, -0.05) is 15.9 Å². The number of hydrogen-bond acceptors (Lipinski definition) is 2. The molecule has 0 bridgehead atoms. The van der Waals surface area contributed by atoms with Crippen molar-refractivity contribution >= 4 is 48.9 Å². The summed E-state index contributed by atoms with van der Waals surface area (Å²) in [5.41, 5.74) is 3.69. The van der Waals surface area contributed by atoms with Gasteiger partial charge in [0.05, 0.1) is 6.54 Å². The van der Waals surface area contributed by atoms with Gasteiger partial charge in [-0.15, -0.1) is 11.3 Å². The van der Waals surface area contributed by atoms with Crippen molar-refractivity contribution in [3.63, 3.8) is 0 Å². The van der Waals surface area contributed by atoms with E-state index in [9.17, 15) is 0 Å². The van der Waals surface area contributed by atoms with Crippen molar-refractivity contribution in [3.8, 4) is 0 Å². The van der Waals surface area contributed by atoms with Crippen LogP contribution in [0.15, 0.2) is 32.5 Å². The Kier molecular flexibility index (Phi) is 4.28. The van der Waals surface area contributed by atoms with Crippen LogP contribution in [0.5, 0.6) is 0 Å². The summed E-state index contributed by atoms with van der Waals surface area (Å²) in [6.45, 7) is 5.09. The fourth-order valence-corrected chi connectivity index (χ4v) is 3.34. The van der Waals surface area contributed by atoms with Gasteiger partial charge in [0.1, 0.15) is 0 Å². The molecule has 0 aliphatic rings. The van der Waals surface area contributed by atoms with E-state index in [1.54, 1.807) is 11.3 Å². The van der Waals surface area contributed by atoms with E-state index in [1.807, 2.05) is 0 Å². The molecule has 1 N–H and O–H groups in total. The average molecular weight is 375 g/mol. The second kappa shape index (κ2) is 5.55. The van der Waals surface area contributed by atoms with Gasteiger partial charge >= 0.3 is 0 Å². The third-order valence-corrected chi connectivity index (χ3v) is 5.76. The SMILES string of the molecule is Cc1cc(NCc2sccc2Br)cc(C)c1Br. The molecule has 0 saturated carbocycles. The van der Waals surface area contributed by atoms with Crippen LogP contribution in [-0.2, 0) is 6.54 Å². The Balaban J connectivity index is 2.12. The van der Waals surface area contributed by atoms with Crippen molar-refractivity contribution in [1.29, 1.82) is 0 Å². The monoisotopic (exact) mass is 373 g/mol. The van der Waals surface area contributed by atoms with Crippen LogP contribution in [0.1, 0.15) is 16.0 Å². The first-order chi connectivity index (χ1) is 8.08. The molecule has 0 atom stereocenters. The number of nitrogens with one attached hydrogen (secondary N) is 1. The minimum atomic E-state index is 0.860. The first-order valence-electron chi connectivity index (χ1n) is 5.30. The molecule has 0 amide bonds. The van der Waals surface area contributed by atoms with Gasteiger partial charge in [-0.3, -0.25) is 0 Å². The third kappa shape index (κ3) is 3.12. The van der Waals surface area contributed by atoms with Crippen molar-refractivity contribution < 1.29 is 0 Å². The molecule has 1 aromatic carbocycles. The summed E-state index contributed by atoms with van der Waals surface area (Å²) in [5, 5.41) is 5.55. The predicted molar refractivity (Wildman–Crippen MR) is 83.0 cm³/mol. The number of aryl methyl sites for hydroxylation is 2. The fourth-order valence-electron chi connectivity index (χ4n) is 1.68. The summed E-state index contributed by atoms with van der Waals surface area (Å²) in [7, 11) is 0. The molecule has 0 saturated heterocycles. The highest BCUT2D eigenvalue weighted by atomic mass is 79.9. The van der Waals surface area contributed by atoms with E-state index < -0.39 is 0 Å². The topological polar surface area (TPSA) is 12.0 Å². The lowest BCUT2D eigenvalue weighted by molar-refractivity contribution is 1.17. The van der Waals surface area contributed by atoms with Crippen LogP contribution in [0.3, 0.4) is 0 Å².